The Balaban J connectivity index is 0.000000471. The van der Waals surface area contributed by atoms with Crippen LogP contribution in [0, 0.1) is 5.92 Å². The number of phenolic OH excluding ortho intramolecular Hbond substituents is 1. The molecule has 0 heterocycles. The predicted molar refractivity (Wildman–Crippen MR) is 138 cm³/mol. The van der Waals surface area contributed by atoms with Crippen LogP contribution < -0.4 is 0 Å². The zero-order valence-corrected chi connectivity index (χ0v) is 19.6. The van der Waals surface area contributed by atoms with Gasteiger partial charge in [-0.3, -0.25) is 0 Å². The third kappa shape index (κ3) is 4.14. The third-order valence-corrected chi connectivity index (χ3v) is 6.58. The third-order valence-electron chi connectivity index (χ3n) is 6.58. The van der Waals surface area contributed by atoms with Crippen molar-refractivity contribution in [1.82, 2.24) is 0 Å². The van der Waals surface area contributed by atoms with Gasteiger partial charge >= 0.3 is 0 Å². The minimum Gasteiger partial charge on any atom is -0.512 e. The highest BCUT2D eigenvalue weighted by Crippen LogP contribution is 2.56. The van der Waals surface area contributed by atoms with Crippen LogP contribution in [-0.2, 0) is 5.41 Å². The van der Waals surface area contributed by atoms with Crippen LogP contribution in [0.5, 0.6) is 5.75 Å². The Kier molecular flexibility index (Phi) is 6.55. The molecule has 2 N–H and O–H groups in total. The van der Waals surface area contributed by atoms with Gasteiger partial charge in [-0.1, -0.05) is 106 Å². The van der Waals surface area contributed by atoms with Crippen molar-refractivity contribution < 1.29 is 10.2 Å². The topological polar surface area (TPSA) is 40.5 Å². The highest BCUT2D eigenvalue weighted by atomic mass is 16.3. The van der Waals surface area contributed by atoms with E-state index in [2.05, 4.69) is 75.4 Å². The van der Waals surface area contributed by atoms with E-state index in [1.165, 1.54) is 28.7 Å². The molecule has 5 rings (SSSR count). The van der Waals surface area contributed by atoms with Gasteiger partial charge in [0, 0.05) is 6.42 Å². The van der Waals surface area contributed by atoms with Gasteiger partial charge in [0.15, 0.2) is 0 Å². The summed E-state index contributed by atoms with van der Waals surface area (Å²) in [7, 11) is 0. The Morgan fingerprint density at radius 2 is 1.33 bits per heavy atom. The van der Waals surface area contributed by atoms with Crippen molar-refractivity contribution in [2.75, 3.05) is 0 Å². The van der Waals surface area contributed by atoms with Crippen LogP contribution in [0.3, 0.4) is 0 Å². The van der Waals surface area contributed by atoms with Gasteiger partial charge in [0.1, 0.15) is 5.75 Å². The molecule has 3 aromatic carbocycles. The lowest BCUT2D eigenvalue weighted by Crippen LogP contribution is -2.29. The summed E-state index contributed by atoms with van der Waals surface area (Å²) in [5.41, 5.74) is 6.56. The fraction of sp³-hybridized carbons (Fsp3) is 0.226. The van der Waals surface area contributed by atoms with Gasteiger partial charge in [0.05, 0.1) is 11.2 Å². The number of allylic oxidation sites excluding steroid dienone is 5. The molecule has 2 nitrogen and oxygen atoms in total. The Labute approximate surface area is 197 Å². The fourth-order valence-corrected chi connectivity index (χ4v) is 4.60. The standard InChI is InChI=1S/C26H20O2.C5H12/c27-20-7-5-6-18(12-15-20)26(19-13-16-21(28)17-14-19)24-10-3-1-8-22(24)23-9-2-4-11-25(23)26;1-4-5(2)3/h1-6,8-17,27-28H,7H2;5H,4H2,1-3H3. The summed E-state index contributed by atoms with van der Waals surface area (Å²) < 4.78 is 0. The van der Waals surface area contributed by atoms with Crippen molar-refractivity contribution in [3.63, 3.8) is 0 Å². The predicted octanol–water partition coefficient (Wildman–Crippen LogP) is 8.09. The normalized spacial score (nSPS) is 15.5. The fourth-order valence-electron chi connectivity index (χ4n) is 4.60. The molecule has 2 aliphatic carbocycles. The molecular formula is C31H32O2. The van der Waals surface area contributed by atoms with Crippen LogP contribution >= 0.6 is 0 Å². The summed E-state index contributed by atoms with van der Waals surface area (Å²) in [4.78, 5) is 0. The quantitative estimate of drug-likeness (QED) is 0.435. The summed E-state index contributed by atoms with van der Waals surface area (Å²) >= 11 is 0. The Morgan fingerprint density at radius 1 is 0.788 bits per heavy atom. The maximum Gasteiger partial charge on any atom is 0.115 e. The van der Waals surface area contributed by atoms with Crippen LogP contribution in [0.4, 0.5) is 0 Å². The van der Waals surface area contributed by atoms with Gasteiger partial charge in [-0.25, -0.2) is 0 Å². The lowest BCUT2D eigenvalue weighted by molar-refractivity contribution is 0.402. The first-order valence-electron chi connectivity index (χ1n) is 11.7. The maximum absolute atomic E-state index is 10.1. The van der Waals surface area contributed by atoms with E-state index in [1.54, 1.807) is 18.2 Å². The summed E-state index contributed by atoms with van der Waals surface area (Å²) in [5, 5.41) is 20.0. The molecule has 0 bridgehead atoms. The molecule has 0 atom stereocenters. The van der Waals surface area contributed by atoms with Crippen molar-refractivity contribution in [3.8, 4) is 16.9 Å². The molecule has 0 aliphatic heterocycles. The number of aromatic hydroxyl groups is 1. The lowest BCUT2D eigenvalue weighted by Gasteiger charge is -2.34. The van der Waals surface area contributed by atoms with Crippen molar-refractivity contribution in [1.29, 1.82) is 0 Å². The molecule has 2 heteroatoms. The Bertz CT molecular complexity index is 1160. The van der Waals surface area contributed by atoms with Crippen molar-refractivity contribution in [2.45, 2.75) is 39.0 Å². The molecule has 0 aromatic heterocycles. The average Bonchev–Trinajstić information content (AvgIpc) is 2.95. The monoisotopic (exact) mass is 436 g/mol. The highest BCUT2D eigenvalue weighted by Gasteiger charge is 2.46. The van der Waals surface area contributed by atoms with E-state index in [0.29, 0.717) is 12.2 Å². The Morgan fingerprint density at radius 3 is 1.88 bits per heavy atom. The molecule has 2 aliphatic rings. The average molecular weight is 437 g/mol. The van der Waals surface area contributed by atoms with Gasteiger partial charge in [0.25, 0.3) is 0 Å². The second-order valence-corrected chi connectivity index (χ2v) is 9.08. The van der Waals surface area contributed by atoms with Gasteiger partial charge in [-0.05, 0) is 57.5 Å². The summed E-state index contributed by atoms with van der Waals surface area (Å²) in [6.45, 7) is 6.64. The molecule has 33 heavy (non-hydrogen) atoms. The number of benzene rings is 3. The van der Waals surface area contributed by atoms with Crippen LogP contribution in [0.15, 0.2) is 108 Å². The van der Waals surface area contributed by atoms with E-state index < -0.39 is 5.41 Å². The molecular weight excluding hydrogens is 404 g/mol. The number of hydrogen-bond donors (Lipinski definition) is 2. The van der Waals surface area contributed by atoms with Gasteiger partial charge in [-0.15, -0.1) is 0 Å². The van der Waals surface area contributed by atoms with Gasteiger partial charge in [-0.2, -0.15) is 0 Å². The van der Waals surface area contributed by atoms with Crippen LogP contribution in [0.2, 0.25) is 0 Å². The number of rotatable bonds is 3. The van der Waals surface area contributed by atoms with E-state index in [0.717, 1.165) is 17.1 Å². The van der Waals surface area contributed by atoms with E-state index in [-0.39, 0.29) is 5.75 Å². The molecule has 0 unspecified atom stereocenters. The van der Waals surface area contributed by atoms with Gasteiger partial charge < -0.3 is 10.2 Å². The van der Waals surface area contributed by atoms with E-state index in [9.17, 15) is 10.2 Å². The molecule has 0 saturated carbocycles. The molecule has 0 amide bonds. The van der Waals surface area contributed by atoms with Crippen LogP contribution in [-0.4, -0.2) is 10.2 Å². The lowest BCUT2D eigenvalue weighted by atomic mass is 9.67. The second kappa shape index (κ2) is 9.54. The number of fused-ring (bicyclic) bond motifs is 3. The first-order valence-corrected chi connectivity index (χ1v) is 11.7. The van der Waals surface area contributed by atoms with E-state index >= 15 is 0 Å². The number of aliphatic hydroxyl groups excluding tert-OH is 1. The minimum absolute atomic E-state index is 0.251. The number of aliphatic hydroxyl groups is 1. The minimum atomic E-state index is -0.501. The molecule has 0 saturated heterocycles. The van der Waals surface area contributed by atoms with Crippen molar-refractivity contribution >= 4 is 0 Å². The zero-order valence-electron chi connectivity index (χ0n) is 19.6. The van der Waals surface area contributed by atoms with Crippen molar-refractivity contribution in [2.24, 2.45) is 5.92 Å². The number of hydrogen-bond acceptors (Lipinski definition) is 2. The molecule has 0 spiro atoms. The van der Waals surface area contributed by atoms with E-state index in [1.807, 2.05) is 24.3 Å². The maximum atomic E-state index is 10.1. The summed E-state index contributed by atoms with van der Waals surface area (Å²) in [6, 6.07) is 24.5. The largest absolute Gasteiger partial charge is 0.512 e. The number of phenols is 1. The summed E-state index contributed by atoms with van der Waals surface area (Å²) in [5.74, 6) is 1.49. The molecule has 0 radical (unpaired) electrons. The SMILES string of the molecule is CCC(C)C.OC1=CC=C(C2(c3ccc(O)cc3)c3ccccc3-c3ccccc32)C=CC1. The molecule has 3 aromatic rings. The molecule has 168 valence electrons. The second-order valence-electron chi connectivity index (χ2n) is 9.08. The zero-order chi connectivity index (χ0) is 23.4. The first kappa shape index (κ1) is 22.7. The van der Waals surface area contributed by atoms with Gasteiger partial charge in [0.2, 0.25) is 0 Å². The van der Waals surface area contributed by atoms with Crippen LogP contribution in [0.1, 0.15) is 50.3 Å². The smallest absolute Gasteiger partial charge is 0.115 e. The first-order chi connectivity index (χ1) is 16.0. The highest BCUT2D eigenvalue weighted by molar-refractivity contribution is 5.86. The Hall–Kier alpha value is -3.52. The van der Waals surface area contributed by atoms with Crippen molar-refractivity contribution in [3.05, 3.63) is 125 Å². The van der Waals surface area contributed by atoms with E-state index in [4.69, 9.17) is 0 Å². The summed E-state index contributed by atoms with van der Waals surface area (Å²) in [6.07, 6.45) is 9.77. The molecule has 0 fully saturated rings. The van der Waals surface area contributed by atoms with Crippen LogP contribution in [0.25, 0.3) is 11.1 Å².